The minimum Gasteiger partial charge on any atom is -0.333 e. The van der Waals surface area contributed by atoms with Crippen LogP contribution in [0.5, 0.6) is 0 Å². The highest BCUT2D eigenvalue weighted by Crippen LogP contribution is 2.32. The predicted molar refractivity (Wildman–Crippen MR) is 86.9 cm³/mol. The number of aryl methyl sites for hydroxylation is 2. The molecule has 0 atom stereocenters. The molecule has 0 aliphatic heterocycles. The Morgan fingerprint density at radius 1 is 1.42 bits per heavy atom. The second kappa shape index (κ2) is 6.62. The van der Waals surface area contributed by atoms with Crippen LogP contribution in [0.1, 0.15) is 12.2 Å². The Bertz CT molecular complexity index is 983. The van der Waals surface area contributed by atoms with Crippen LogP contribution in [0.4, 0.5) is 5.69 Å². The molecule has 0 fully saturated rings. The third-order valence-electron chi connectivity index (χ3n) is 3.14. The van der Waals surface area contributed by atoms with Gasteiger partial charge in [-0.1, -0.05) is 5.16 Å². The summed E-state index contributed by atoms with van der Waals surface area (Å²) >= 11 is 1.37. The number of carbonyl (C=O) groups excluding carboxylic acids is 1. The molecule has 2 N–H and O–H groups in total. The number of rotatable bonds is 5. The van der Waals surface area contributed by atoms with Crippen molar-refractivity contribution in [1.82, 2.24) is 19.7 Å². The van der Waals surface area contributed by atoms with Gasteiger partial charge in [0.25, 0.3) is 11.4 Å². The number of anilines is 1. The van der Waals surface area contributed by atoms with E-state index in [1.807, 2.05) is 0 Å². The van der Waals surface area contributed by atoms with Crippen LogP contribution in [0.15, 0.2) is 37.8 Å². The van der Waals surface area contributed by atoms with E-state index in [2.05, 4.69) is 20.4 Å². The SMILES string of the molecule is Cc1noc(-c2sccc2NC(=O)CCn2ccc(=O)[nH]c2=O)n1. The lowest BCUT2D eigenvalue weighted by Crippen LogP contribution is -2.29. The van der Waals surface area contributed by atoms with Crippen molar-refractivity contribution in [2.45, 2.75) is 19.9 Å². The van der Waals surface area contributed by atoms with Crippen LogP contribution in [0.3, 0.4) is 0 Å². The van der Waals surface area contributed by atoms with E-state index in [1.165, 1.54) is 28.2 Å². The summed E-state index contributed by atoms with van der Waals surface area (Å²) in [6, 6.07) is 2.97. The maximum absolute atomic E-state index is 12.1. The Morgan fingerprint density at radius 3 is 2.96 bits per heavy atom. The van der Waals surface area contributed by atoms with Gasteiger partial charge in [0.05, 0.1) is 5.69 Å². The van der Waals surface area contributed by atoms with Crippen molar-refractivity contribution < 1.29 is 9.32 Å². The quantitative estimate of drug-likeness (QED) is 0.709. The van der Waals surface area contributed by atoms with Crippen LogP contribution in [0.2, 0.25) is 0 Å². The molecule has 3 aromatic rings. The second-order valence-electron chi connectivity index (χ2n) is 4.91. The fourth-order valence-corrected chi connectivity index (χ4v) is 2.79. The Hall–Kier alpha value is -3.01. The molecule has 0 aliphatic carbocycles. The summed E-state index contributed by atoms with van der Waals surface area (Å²) in [6.45, 7) is 1.86. The maximum Gasteiger partial charge on any atom is 0.328 e. The smallest absolute Gasteiger partial charge is 0.328 e. The van der Waals surface area contributed by atoms with E-state index in [0.29, 0.717) is 22.3 Å². The van der Waals surface area contributed by atoms with Crippen molar-refractivity contribution in [3.8, 4) is 10.8 Å². The first-order valence-corrected chi connectivity index (χ1v) is 7.88. The van der Waals surface area contributed by atoms with Crippen LogP contribution in [0.25, 0.3) is 10.8 Å². The summed E-state index contributed by atoms with van der Waals surface area (Å²) in [4.78, 5) is 41.6. The number of hydrogen-bond donors (Lipinski definition) is 2. The van der Waals surface area contributed by atoms with Gasteiger partial charge in [0.15, 0.2) is 5.82 Å². The summed E-state index contributed by atoms with van der Waals surface area (Å²) in [5, 5.41) is 8.28. The molecule has 10 heteroatoms. The molecule has 24 heavy (non-hydrogen) atoms. The summed E-state index contributed by atoms with van der Waals surface area (Å²) < 4.78 is 6.37. The lowest BCUT2D eigenvalue weighted by molar-refractivity contribution is -0.116. The number of amides is 1. The van der Waals surface area contributed by atoms with E-state index in [9.17, 15) is 14.4 Å². The van der Waals surface area contributed by atoms with Gasteiger partial charge in [-0.2, -0.15) is 4.98 Å². The lowest BCUT2D eigenvalue weighted by atomic mass is 10.3. The van der Waals surface area contributed by atoms with Gasteiger partial charge in [-0.05, 0) is 18.4 Å². The van der Waals surface area contributed by atoms with Gasteiger partial charge in [-0.3, -0.25) is 14.6 Å². The minimum absolute atomic E-state index is 0.0735. The van der Waals surface area contributed by atoms with Crippen LogP contribution >= 0.6 is 11.3 Å². The summed E-state index contributed by atoms with van der Waals surface area (Å²) in [5.41, 5.74) is -0.450. The average molecular weight is 347 g/mol. The Morgan fingerprint density at radius 2 is 2.25 bits per heavy atom. The van der Waals surface area contributed by atoms with E-state index in [-0.39, 0.29) is 18.9 Å². The zero-order valence-corrected chi connectivity index (χ0v) is 13.4. The molecule has 0 aromatic carbocycles. The normalized spacial score (nSPS) is 10.7. The van der Waals surface area contributed by atoms with Crippen LogP contribution in [-0.4, -0.2) is 25.6 Å². The predicted octanol–water partition coefficient (Wildman–Crippen LogP) is 0.985. The molecular weight excluding hydrogens is 334 g/mol. The topological polar surface area (TPSA) is 123 Å². The maximum atomic E-state index is 12.1. The average Bonchev–Trinajstić information content (AvgIpc) is 3.15. The minimum atomic E-state index is -0.548. The van der Waals surface area contributed by atoms with Gasteiger partial charge >= 0.3 is 5.69 Å². The van der Waals surface area contributed by atoms with E-state index >= 15 is 0 Å². The molecule has 3 rings (SSSR count). The van der Waals surface area contributed by atoms with E-state index < -0.39 is 11.2 Å². The molecule has 3 aromatic heterocycles. The van der Waals surface area contributed by atoms with Crippen molar-refractivity contribution in [2.24, 2.45) is 0 Å². The Kier molecular flexibility index (Phi) is 4.38. The number of nitrogens with one attached hydrogen (secondary N) is 2. The van der Waals surface area contributed by atoms with Crippen LogP contribution in [0, 0.1) is 6.92 Å². The zero-order valence-electron chi connectivity index (χ0n) is 12.6. The molecule has 0 spiro atoms. The van der Waals surface area contributed by atoms with Crippen LogP contribution < -0.4 is 16.6 Å². The van der Waals surface area contributed by atoms with Gasteiger partial charge in [0.1, 0.15) is 4.88 Å². The fourth-order valence-electron chi connectivity index (χ4n) is 2.02. The molecule has 9 nitrogen and oxygen atoms in total. The van der Waals surface area contributed by atoms with Gasteiger partial charge in [0.2, 0.25) is 5.91 Å². The number of aromatic amines is 1. The molecule has 0 bridgehead atoms. The lowest BCUT2D eigenvalue weighted by Gasteiger charge is -2.06. The van der Waals surface area contributed by atoms with Crippen molar-refractivity contribution in [2.75, 3.05) is 5.32 Å². The first-order valence-electron chi connectivity index (χ1n) is 7.01. The van der Waals surface area contributed by atoms with Crippen molar-refractivity contribution >= 4 is 22.9 Å². The monoisotopic (exact) mass is 347 g/mol. The number of aromatic nitrogens is 4. The van der Waals surface area contributed by atoms with Gasteiger partial charge in [-0.25, -0.2) is 4.79 Å². The number of thiophene rings is 1. The van der Waals surface area contributed by atoms with Crippen molar-refractivity contribution in [3.05, 3.63) is 50.4 Å². The van der Waals surface area contributed by atoms with E-state index in [0.717, 1.165) is 0 Å². The first-order chi connectivity index (χ1) is 11.5. The van der Waals surface area contributed by atoms with Crippen molar-refractivity contribution in [3.63, 3.8) is 0 Å². The Labute approximate surface area is 139 Å². The highest BCUT2D eigenvalue weighted by Gasteiger charge is 2.15. The number of nitrogens with zero attached hydrogens (tertiary/aromatic N) is 3. The zero-order chi connectivity index (χ0) is 17.1. The van der Waals surface area contributed by atoms with Crippen molar-refractivity contribution in [1.29, 1.82) is 0 Å². The number of hydrogen-bond acceptors (Lipinski definition) is 7. The van der Waals surface area contributed by atoms with E-state index in [4.69, 9.17) is 4.52 Å². The first kappa shape index (κ1) is 15.9. The summed E-state index contributed by atoms with van der Waals surface area (Å²) in [5.74, 6) is 0.576. The molecule has 0 unspecified atom stereocenters. The second-order valence-corrected chi connectivity index (χ2v) is 5.83. The summed E-state index contributed by atoms with van der Waals surface area (Å²) in [6.07, 6.45) is 1.43. The van der Waals surface area contributed by atoms with Gasteiger partial charge < -0.3 is 14.4 Å². The highest BCUT2D eigenvalue weighted by molar-refractivity contribution is 7.14. The molecule has 124 valence electrons. The number of H-pyrrole nitrogens is 1. The Balaban J connectivity index is 1.67. The fraction of sp³-hybridized carbons (Fsp3) is 0.214. The standard InChI is InChI=1S/C14H13N5O4S/c1-8-15-13(23-18-8)12-9(4-7-24-12)16-10(20)2-5-19-6-3-11(21)17-14(19)22/h3-4,6-7H,2,5H2,1H3,(H,16,20)(H,17,21,22). The summed E-state index contributed by atoms with van der Waals surface area (Å²) in [7, 11) is 0. The molecule has 0 saturated heterocycles. The van der Waals surface area contributed by atoms with Gasteiger partial charge in [-0.15, -0.1) is 11.3 Å². The molecule has 1 amide bonds. The highest BCUT2D eigenvalue weighted by atomic mass is 32.1. The van der Waals surface area contributed by atoms with E-state index in [1.54, 1.807) is 18.4 Å². The molecule has 3 heterocycles. The molecular formula is C14H13N5O4S. The molecule has 0 radical (unpaired) electrons. The largest absolute Gasteiger partial charge is 0.333 e. The third-order valence-corrected chi connectivity index (χ3v) is 4.04. The molecule has 0 aliphatic rings. The van der Waals surface area contributed by atoms with Crippen LogP contribution in [-0.2, 0) is 11.3 Å². The number of carbonyl (C=O) groups is 1. The molecule has 0 saturated carbocycles. The van der Waals surface area contributed by atoms with Gasteiger partial charge in [0, 0.05) is 25.2 Å². The third kappa shape index (κ3) is 3.49.